The Morgan fingerprint density at radius 2 is 2.38 bits per heavy atom. The monoisotopic (exact) mass is 297 g/mol. The van der Waals surface area contributed by atoms with Gasteiger partial charge in [0, 0.05) is 26.2 Å². The molecular weight excluding hydrogens is 274 g/mol. The molecule has 0 bridgehead atoms. The number of hydrogen-bond acceptors (Lipinski definition) is 6. The van der Waals surface area contributed by atoms with Crippen molar-refractivity contribution >= 4 is 5.97 Å². The second-order valence-electron chi connectivity index (χ2n) is 5.27. The molecule has 7 nitrogen and oxygen atoms in total. The molecule has 1 aliphatic heterocycles. The van der Waals surface area contributed by atoms with Crippen LogP contribution in [0.15, 0.2) is 6.20 Å². The van der Waals surface area contributed by atoms with E-state index < -0.39 is 0 Å². The number of aliphatic hydroxyl groups is 1. The highest BCUT2D eigenvalue weighted by Crippen LogP contribution is 2.18. The third kappa shape index (κ3) is 3.61. The molecule has 1 fully saturated rings. The third-order valence-electron chi connectivity index (χ3n) is 3.75. The molecule has 2 atom stereocenters. The number of aryl methyl sites for hydroxylation is 1. The summed E-state index contributed by atoms with van der Waals surface area (Å²) in [7, 11) is 1.81. The van der Waals surface area contributed by atoms with Gasteiger partial charge in [-0.2, -0.15) is 5.10 Å². The summed E-state index contributed by atoms with van der Waals surface area (Å²) in [5, 5.41) is 13.4. The number of morpholine rings is 1. The van der Waals surface area contributed by atoms with E-state index in [9.17, 15) is 9.90 Å². The van der Waals surface area contributed by atoms with Crippen molar-refractivity contribution in [3.63, 3.8) is 0 Å². The third-order valence-corrected chi connectivity index (χ3v) is 3.75. The number of carbonyl (C=O) groups is 1. The zero-order valence-corrected chi connectivity index (χ0v) is 12.8. The lowest BCUT2D eigenvalue weighted by atomic mass is 10.1. The van der Waals surface area contributed by atoms with Crippen LogP contribution in [0.4, 0.5) is 0 Å². The van der Waals surface area contributed by atoms with Gasteiger partial charge >= 0.3 is 5.97 Å². The highest BCUT2D eigenvalue weighted by molar-refractivity contribution is 5.90. The fourth-order valence-corrected chi connectivity index (χ4v) is 2.43. The molecule has 1 saturated heterocycles. The first-order chi connectivity index (χ1) is 10.1. The van der Waals surface area contributed by atoms with E-state index >= 15 is 0 Å². The van der Waals surface area contributed by atoms with E-state index in [0.717, 1.165) is 5.69 Å². The Morgan fingerprint density at radius 3 is 3.05 bits per heavy atom. The molecular formula is C14H23N3O4. The second-order valence-corrected chi connectivity index (χ2v) is 5.27. The van der Waals surface area contributed by atoms with Gasteiger partial charge < -0.3 is 14.6 Å². The normalized spacial score (nSPS) is 23.2. The number of carbonyl (C=O) groups excluding carboxylic acids is 1. The first-order valence-corrected chi connectivity index (χ1v) is 7.21. The zero-order valence-electron chi connectivity index (χ0n) is 12.8. The van der Waals surface area contributed by atoms with Crippen LogP contribution in [0, 0.1) is 0 Å². The van der Waals surface area contributed by atoms with E-state index in [0.29, 0.717) is 31.9 Å². The molecule has 0 saturated carbocycles. The molecule has 0 aliphatic carbocycles. The van der Waals surface area contributed by atoms with E-state index in [1.807, 2.05) is 7.05 Å². The summed E-state index contributed by atoms with van der Waals surface area (Å²) in [6, 6.07) is 0.220. The summed E-state index contributed by atoms with van der Waals surface area (Å²) in [6.07, 6.45) is 1.36. The van der Waals surface area contributed by atoms with Crippen molar-refractivity contribution in [2.24, 2.45) is 7.05 Å². The lowest BCUT2D eigenvalue weighted by Crippen LogP contribution is -2.49. The molecule has 2 heterocycles. The predicted molar refractivity (Wildman–Crippen MR) is 75.9 cm³/mol. The maximum Gasteiger partial charge on any atom is 0.341 e. The van der Waals surface area contributed by atoms with E-state index in [1.165, 1.54) is 0 Å². The van der Waals surface area contributed by atoms with E-state index in [1.54, 1.807) is 17.8 Å². The fourth-order valence-electron chi connectivity index (χ4n) is 2.43. The predicted octanol–water partition coefficient (Wildman–Crippen LogP) is 0.178. The summed E-state index contributed by atoms with van der Waals surface area (Å²) in [4.78, 5) is 14.1. The maximum absolute atomic E-state index is 12.0. The number of nitrogens with zero attached hydrogens (tertiary/aromatic N) is 3. The van der Waals surface area contributed by atoms with Crippen molar-refractivity contribution in [3.8, 4) is 0 Å². The molecule has 0 aromatic carbocycles. The van der Waals surface area contributed by atoms with Gasteiger partial charge in [-0.3, -0.25) is 9.58 Å². The minimum atomic E-state index is -0.347. The molecule has 7 heteroatoms. The number of aliphatic hydroxyl groups excluding tert-OH is 1. The molecule has 2 rings (SSSR count). The summed E-state index contributed by atoms with van der Waals surface area (Å²) in [5.41, 5.74) is 1.32. The minimum absolute atomic E-state index is 0.000654. The van der Waals surface area contributed by atoms with Crippen LogP contribution >= 0.6 is 0 Å². The van der Waals surface area contributed by atoms with Crippen molar-refractivity contribution < 1.29 is 19.4 Å². The van der Waals surface area contributed by atoms with Crippen LogP contribution in [0.1, 0.15) is 29.9 Å². The SMILES string of the molecule is CCOC(=O)c1cnn(C)c1CN1CC(CO)OCC1C. The van der Waals surface area contributed by atoms with Gasteiger partial charge in [0.1, 0.15) is 5.56 Å². The average molecular weight is 297 g/mol. The molecule has 1 aliphatic rings. The lowest BCUT2D eigenvalue weighted by molar-refractivity contribution is -0.0811. The summed E-state index contributed by atoms with van der Waals surface area (Å²) in [5.74, 6) is -0.347. The van der Waals surface area contributed by atoms with Crippen LogP contribution in [0.5, 0.6) is 0 Å². The molecule has 1 aromatic rings. The van der Waals surface area contributed by atoms with Crippen LogP contribution in [0.3, 0.4) is 0 Å². The average Bonchev–Trinajstić information content (AvgIpc) is 2.83. The van der Waals surface area contributed by atoms with Gasteiger partial charge in [-0.05, 0) is 13.8 Å². The molecule has 2 unspecified atom stereocenters. The van der Waals surface area contributed by atoms with Gasteiger partial charge in [-0.1, -0.05) is 0 Å². The Bertz CT molecular complexity index is 489. The molecule has 0 radical (unpaired) electrons. The van der Waals surface area contributed by atoms with Crippen LogP contribution < -0.4 is 0 Å². The van der Waals surface area contributed by atoms with Crippen LogP contribution in [0.2, 0.25) is 0 Å². The first kappa shape index (κ1) is 15.9. The number of esters is 1. The number of aromatic nitrogens is 2. The van der Waals surface area contributed by atoms with Crippen molar-refractivity contribution in [1.82, 2.24) is 14.7 Å². The second kappa shape index (κ2) is 7.02. The summed E-state index contributed by atoms with van der Waals surface area (Å²) >= 11 is 0. The molecule has 0 amide bonds. The first-order valence-electron chi connectivity index (χ1n) is 7.21. The van der Waals surface area contributed by atoms with Gasteiger partial charge in [0.05, 0.1) is 37.8 Å². The Hall–Kier alpha value is -1.44. The number of rotatable bonds is 5. The summed E-state index contributed by atoms with van der Waals surface area (Å²) in [6.45, 7) is 5.96. The Morgan fingerprint density at radius 1 is 1.62 bits per heavy atom. The largest absolute Gasteiger partial charge is 0.462 e. The topological polar surface area (TPSA) is 76.8 Å². The number of hydrogen-bond donors (Lipinski definition) is 1. The van der Waals surface area contributed by atoms with Gasteiger partial charge in [0.2, 0.25) is 0 Å². The lowest BCUT2D eigenvalue weighted by Gasteiger charge is -2.37. The van der Waals surface area contributed by atoms with E-state index in [-0.39, 0.29) is 24.7 Å². The summed E-state index contributed by atoms with van der Waals surface area (Å²) < 4.78 is 12.3. The number of ether oxygens (including phenoxy) is 2. The zero-order chi connectivity index (χ0) is 15.4. The highest BCUT2D eigenvalue weighted by Gasteiger charge is 2.28. The molecule has 0 spiro atoms. The smallest absolute Gasteiger partial charge is 0.341 e. The Balaban J connectivity index is 2.14. The minimum Gasteiger partial charge on any atom is -0.462 e. The quantitative estimate of drug-likeness (QED) is 0.781. The van der Waals surface area contributed by atoms with Crippen LogP contribution in [-0.4, -0.2) is 64.3 Å². The molecule has 1 aromatic heterocycles. The Labute approximate surface area is 124 Å². The van der Waals surface area contributed by atoms with Crippen LogP contribution in [0.25, 0.3) is 0 Å². The fraction of sp³-hybridized carbons (Fsp3) is 0.714. The van der Waals surface area contributed by atoms with Gasteiger partial charge in [-0.25, -0.2) is 4.79 Å². The maximum atomic E-state index is 12.0. The van der Waals surface area contributed by atoms with Crippen molar-refractivity contribution in [3.05, 3.63) is 17.5 Å². The molecule has 21 heavy (non-hydrogen) atoms. The van der Waals surface area contributed by atoms with Crippen molar-refractivity contribution in [1.29, 1.82) is 0 Å². The molecule has 1 N–H and O–H groups in total. The highest BCUT2D eigenvalue weighted by atomic mass is 16.5. The Kier molecular flexibility index (Phi) is 5.33. The standard InChI is InChI=1S/C14H23N3O4/c1-4-20-14(19)12-5-15-16(3)13(12)7-17-6-11(8-18)21-9-10(17)2/h5,10-11,18H,4,6-9H2,1-3H3. The van der Waals surface area contributed by atoms with Crippen molar-refractivity contribution in [2.45, 2.75) is 32.5 Å². The van der Waals surface area contributed by atoms with Crippen LogP contribution in [-0.2, 0) is 23.1 Å². The van der Waals surface area contributed by atoms with E-state index in [2.05, 4.69) is 16.9 Å². The van der Waals surface area contributed by atoms with Crippen molar-refractivity contribution in [2.75, 3.05) is 26.4 Å². The molecule has 118 valence electrons. The van der Waals surface area contributed by atoms with Gasteiger partial charge in [0.15, 0.2) is 0 Å². The van der Waals surface area contributed by atoms with Gasteiger partial charge in [-0.15, -0.1) is 0 Å². The van der Waals surface area contributed by atoms with Gasteiger partial charge in [0.25, 0.3) is 0 Å². The van der Waals surface area contributed by atoms with E-state index in [4.69, 9.17) is 9.47 Å².